The maximum Gasteiger partial charge on any atom is 0.148 e. The maximum atomic E-state index is 6.29. The van der Waals surface area contributed by atoms with Crippen molar-refractivity contribution in [3.8, 4) is 5.75 Å². The molecule has 3 heterocycles. The van der Waals surface area contributed by atoms with Crippen LogP contribution < -0.4 is 4.74 Å². The quantitative estimate of drug-likeness (QED) is 0.491. The van der Waals surface area contributed by atoms with Crippen molar-refractivity contribution in [3.05, 3.63) is 72.1 Å². The summed E-state index contributed by atoms with van der Waals surface area (Å²) in [6, 6.07) is 17.3. The Morgan fingerprint density at radius 3 is 2.50 bits per heavy atom. The normalized spacial score (nSPS) is 16.1. The molecule has 1 aromatic carbocycles. The summed E-state index contributed by atoms with van der Waals surface area (Å²) < 4.78 is 8.47. The van der Waals surface area contributed by atoms with Crippen molar-refractivity contribution in [2.75, 3.05) is 26.2 Å². The molecule has 0 amide bonds. The Hall–Kier alpha value is -2.26. The highest BCUT2D eigenvalue weighted by molar-refractivity contribution is 5.65. The minimum Gasteiger partial charge on any atom is -0.491 e. The van der Waals surface area contributed by atoms with Crippen LogP contribution in [0.5, 0.6) is 5.75 Å². The van der Waals surface area contributed by atoms with Crippen molar-refractivity contribution < 1.29 is 4.74 Å². The van der Waals surface area contributed by atoms with Crippen molar-refractivity contribution >= 4 is 5.52 Å². The molecule has 0 bridgehead atoms. The minimum absolute atomic E-state index is 0.465. The van der Waals surface area contributed by atoms with Crippen LogP contribution >= 0.6 is 0 Å². The van der Waals surface area contributed by atoms with Gasteiger partial charge in [0.05, 0.1) is 12.1 Å². The standard InChI is InChI=1S/C25H32N2O/c1-20(2)23-19-27-15-7-6-11-24(27)25(23)28-18-8-14-26-16-12-22(13-17-26)21-9-4-3-5-10-21/h3-7,9-11,15,19-20,22H,8,12-14,16-18H2,1-2H3. The highest BCUT2D eigenvalue weighted by Crippen LogP contribution is 2.33. The fourth-order valence-corrected chi connectivity index (χ4v) is 4.36. The Morgan fingerprint density at radius 2 is 1.75 bits per heavy atom. The van der Waals surface area contributed by atoms with Crippen LogP contribution in [-0.2, 0) is 0 Å². The molecule has 148 valence electrons. The number of pyridine rings is 1. The van der Waals surface area contributed by atoms with Gasteiger partial charge in [0.2, 0.25) is 0 Å². The highest BCUT2D eigenvalue weighted by atomic mass is 16.5. The summed E-state index contributed by atoms with van der Waals surface area (Å²) in [5.41, 5.74) is 3.98. The number of ether oxygens (including phenoxy) is 1. The lowest BCUT2D eigenvalue weighted by atomic mass is 9.89. The molecule has 4 rings (SSSR count). The lowest BCUT2D eigenvalue weighted by molar-refractivity contribution is 0.193. The Morgan fingerprint density at radius 1 is 1.00 bits per heavy atom. The topological polar surface area (TPSA) is 16.9 Å². The third kappa shape index (κ3) is 4.25. The van der Waals surface area contributed by atoms with Crippen molar-refractivity contribution in [1.29, 1.82) is 0 Å². The van der Waals surface area contributed by atoms with E-state index in [9.17, 15) is 0 Å². The fourth-order valence-electron chi connectivity index (χ4n) is 4.36. The van der Waals surface area contributed by atoms with Gasteiger partial charge in [-0.05, 0) is 61.9 Å². The van der Waals surface area contributed by atoms with Crippen molar-refractivity contribution in [2.45, 2.75) is 44.9 Å². The molecule has 3 heteroatoms. The average Bonchev–Trinajstić information content (AvgIpc) is 3.11. The van der Waals surface area contributed by atoms with E-state index in [1.54, 1.807) is 0 Å². The van der Waals surface area contributed by atoms with Crippen LogP contribution in [0.25, 0.3) is 5.52 Å². The molecule has 1 aliphatic heterocycles. The van der Waals surface area contributed by atoms with Crippen molar-refractivity contribution in [1.82, 2.24) is 9.30 Å². The van der Waals surface area contributed by atoms with Crippen LogP contribution in [0.15, 0.2) is 60.9 Å². The number of hydrogen-bond acceptors (Lipinski definition) is 2. The second kappa shape index (κ2) is 8.83. The number of rotatable bonds is 7. The molecule has 0 atom stereocenters. The Labute approximate surface area is 168 Å². The van der Waals surface area contributed by atoms with E-state index in [4.69, 9.17) is 4.74 Å². The largest absolute Gasteiger partial charge is 0.491 e. The van der Waals surface area contributed by atoms with Gasteiger partial charge in [0.25, 0.3) is 0 Å². The number of piperidine rings is 1. The molecule has 1 fully saturated rings. The van der Waals surface area contributed by atoms with Gasteiger partial charge >= 0.3 is 0 Å². The van der Waals surface area contributed by atoms with Gasteiger partial charge in [0.15, 0.2) is 0 Å². The first-order valence-electron chi connectivity index (χ1n) is 10.7. The minimum atomic E-state index is 0.465. The van der Waals surface area contributed by atoms with Crippen LogP contribution in [0.1, 0.15) is 56.1 Å². The predicted octanol–water partition coefficient (Wildman–Crippen LogP) is 5.71. The number of fused-ring (bicyclic) bond motifs is 1. The van der Waals surface area contributed by atoms with Crippen LogP contribution in [0.4, 0.5) is 0 Å². The van der Waals surface area contributed by atoms with E-state index in [0.29, 0.717) is 5.92 Å². The molecule has 2 aromatic heterocycles. The predicted molar refractivity (Wildman–Crippen MR) is 116 cm³/mol. The van der Waals surface area contributed by atoms with E-state index in [1.165, 1.54) is 42.6 Å². The van der Waals surface area contributed by atoms with E-state index >= 15 is 0 Å². The molecule has 3 nitrogen and oxygen atoms in total. The second-order valence-corrected chi connectivity index (χ2v) is 8.29. The van der Waals surface area contributed by atoms with Gasteiger partial charge in [-0.15, -0.1) is 0 Å². The molecule has 0 aliphatic carbocycles. The third-order valence-corrected chi connectivity index (χ3v) is 6.01. The SMILES string of the molecule is CC(C)c1cn2ccccc2c1OCCCN1CCC(c2ccccc2)CC1. The fraction of sp³-hybridized carbons (Fsp3) is 0.440. The summed E-state index contributed by atoms with van der Waals surface area (Å²) in [6.07, 6.45) is 7.94. The number of likely N-dealkylation sites (tertiary alicyclic amines) is 1. The summed E-state index contributed by atoms with van der Waals surface area (Å²) in [6.45, 7) is 8.78. The molecule has 0 N–H and O–H groups in total. The van der Waals surface area contributed by atoms with Gasteiger partial charge < -0.3 is 14.0 Å². The monoisotopic (exact) mass is 376 g/mol. The summed E-state index contributed by atoms with van der Waals surface area (Å²) in [5, 5.41) is 0. The van der Waals surface area contributed by atoms with E-state index < -0.39 is 0 Å². The van der Waals surface area contributed by atoms with Crippen LogP contribution in [0.2, 0.25) is 0 Å². The molecular formula is C25H32N2O. The van der Waals surface area contributed by atoms with Gasteiger partial charge in [-0.3, -0.25) is 0 Å². The van der Waals surface area contributed by atoms with E-state index in [1.807, 2.05) is 0 Å². The first-order valence-corrected chi connectivity index (χ1v) is 10.7. The molecule has 1 aliphatic rings. The number of benzene rings is 1. The third-order valence-electron chi connectivity index (χ3n) is 6.01. The van der Waals surface area contributed by atoms with Gasteiger partial charge in [0, 0.05) is 24.5 Å². The first kappa shape index (κ1) is 19.1. The van der Waals surface area contributed by atoms with Crippen LogP contribution in [0.3, 0.4) is 0 Å². The molecule has 28 heavy (non-hydrogen) atoms. The first-order chi connectivity index (χ1) is 13.7. The maximum absolute atomic E-state index is 6.29. The van der Waals surface area contributed by atoms with Crippen LogP contribution in [-0.4, -0.2) is 35.5 Å². The lowest BCUT2D eigenvalue weighted by Gasteiger charge is -2.32. The van der Waals surface area contributed by atoms with E-state index in [-0.39, 0.29) is 0 Å². The van der Waals surface area contributed by atoms with Gasteiger partial charge in [-0.25, -0.2) is 0 Å². The summed E-state index contributed by atoms with van der Waals surface area (Å²) in [4.78, 5) is 2.60. The number of hydrogen-bond donors (Lipinski definition) is 0. The lowest BCUT2D eigenvalue weighted by Crippen LogP contribution is -2.34. The Kier molecular flexibility index (Phi) is 6.01. The molecule has 0 radical (unpaired) electrons. The zero-order valence-electron chi connectivity index (χ0n) is 17.2. The van der Waals surface area contributed by atoms with Gasteiger partial charge in [0.1, 0.15) is 5.75 Å². The summed E-state index contributed by atoms with van der Waals surface area (Å²) in [7, 11) is 0. The number of nitrogens with zero attached hydrogens (tertiary/aromatic N) is 2. The summed E-state index contributed by atoms with van der Waals surface area (Å²) >= 11 is 0. The average molecular weight is 377 g/mol. The zero-order valence-corrected chi connectivity index (χ0v) is 17.2. The summed E-state index contributed by atoms with van der Waals surface area (Å²) in [5.74, 6) is 2.26. The molecule has 0 unspecified atom stereocenters. The highest BCUT2D eigenvalue weighted by Gasteiger charge is 2.20. The zero-order chi connectivity index (χ0) is 19.3. The second-order valence-electron chi connectivity index (χ2n) is 8.29. The van der Waals surface area contributed by atoms with Crippen LogP contribution in [0, 0.1) is 0 Å². The molecule has 3 aromatic rings. The van der Waals surface area contributed by atoms with E-state index in [2.05, 4.69) is 84.1 Å². The van der Waals surface area contributed by atoms with Crippen molar-refractivity contribution in [2.24, 2.45) is 0 Å². The van der Waals surface area contributed by atoms with Gasteiger partial charge in [-0.1, -0.05) is 50.2 Å². The number of aromatic nitrogens is 1. The molecular weight excluding hydrogens is 344 g/mol. The molecule has 0 saturated carbocycles. The molecule has 0 spiro atoms. The van der Waals surface area contributed by atoms with Gasteiger partial charge in [-0.2, -0.15) is 0 Å². The Bertz CT molecular complexity index is 876. The smallest absolute Gasteiger partial charge is 0.148 e. The van der Waals surface area contributed by atoms with E-state index in [0.717, 1.165) is 31.2 Å². The Balaban J connectivity index is 1.27. The van der Waals surface area contributed by atoms with Crippen molar-refractivity contribution in [3.63, 3.8) is 0 Å². The molecule has 1 saturated heterocycles.